The number of hydrogen-bond donors (Lipinski definition) is 0. The molecule has 0 saturated carbocycles. The zero-order chi connectivity index (χ0) is 7.84. The Morgan fingerprint density at radius 3 is 2.82 bits per heavy atom. The number of halogens is 1. The van der Waals surface area contributed by atoms with Gasteiger partial charge in [-0.2, -0.15) is 4.39 Å². The predicted molar refractivity (Wildman–Crippen MR) is 40.7 cm³/mol. The van der Waals surface area contributed by atoms with Gasteiger partial charge in [-0.3, -0.25) is 0 Å². The summed E-state index contributed by atoms with van der Waals surface area (Å²) in [6.45, 7) is 0. The van der Waals surface area contributed by atoms with Gasteiger partial charge in [-0.25, -0.2) is 4.98 Å². The lowest BCUT2D eigenvalue weighted by atomic mass is 10.3. The van der Waals surface area contributed by atoms with E-state index in [1.54, 1.807) is 13.1 Å². The molecule has 0 amide bonds. The lowest BCUT2D eigenvalue weighted by molar-refractivity contribution is 0.507. The SMILES string of the molecule is Cn1c(F)nc2ccccc21. The van der Waals surface area contributed by atoms with Crippen molar-refractivity contribution in [3.8, 4) is 0 Å². The fourth-order valence-corrected chi connectivity index (χ4v) is 1.12. The third-order valence-electron chi connectivity index (χ3n) is 1.73. The Morgan fingerprint density at radius 2 is 2.09 bits per heavy atom. The van der Waals surface area contributed by atoms with Crippen LogP contribution in [0.2, 0.25) is 0 Å². The number of para-hydroxylation sites is 2. The lowest BCUT2D eigenvalue weighted by Gasteiger charge is -1.91. The van der Waals surface area contributed by atoms with Crippen LogP contribution in [0.1, 0.15) is 0 Å². The Balaban J connectivity index is 2.92. The predicted octanol–water partition coefficient (Wildman–Crippen LogP) is 1.71. The summed E-state index contributed by atoms with van der Waals surface area (Å²) in [6.07, 6.45) is -0.439. The number of nitrogens with zero attached hydrogens (tertiary/aromatic N) is 2. The molecular weight excluding hydrogens is 143 g/mol. The molecular formula is C8H7FN2. The summed E-state index contributed by atoms with van der Waals surface area (Å²) in [6, 6.07) is 7.34. The molecule has 1 aromatic carbocycles. The quantitative estimate of drug-likeness (QED) is 0.559. The van der Waals surface area contributed by atoms with Crippen LogP contribution in [0.3, 0.4) is 0 Å². The van der Waals surface area contributed by atoms with Gasteiger partial charge in [-0.05, 0) is 12.1 Å². The molecule has 56 valence electrons. The highest BCUT2D eigenvalue weighted by atomic mass is 19.1. The molecule has 0 aliphatic carbocycles. The largest absolute Gasteiger partial charge is 0.303 e. The molecule has 0 N–H and O–H groups in total. The van der Waals surface area contributed by atoms with Crippen molar-refractivity contribution in [1.82, 2.24) is 9.55 Å². The highest BCUT2D eigenvalue weighted by Gasteiger charge is 2.03. The van der Waals surface area contributed by atoms with Crippen molar-refractivity contribution in [1.29, 1.82) is 0 Å². The second kappa shape index (κ2) is 2.05. The Hall–Kier alpha value is -1.38. The molecule has 0 fully saturated rings. The second-order valence-corrected chi connectivity index (χ2v) is 2.43. The number of benzene rings is 1. The first kappa shape index (κ1) is 6.34. The minimum atomic E-state index is -0.439. The summed E-state index contributed by atoms with van der Waals surface area (Å²) < 4.78 is 14.2. The molecule has 1 heterocycles. The zero-order valence-electron chi connectivity index (χ0n) is 6.08. The maximum absolute atomic E-state index is 12.8. The fourth-order valence-electron chi connectivity index (χ4n) is 1.12. The van der Waals surface area contributed by atoms with Gasteiger partial charge in [0.05, 0.1) is 11.0 Å². The first-order valence-corrected chi connectivity index (χ1v) is 3.36. The van der Waals surface area contributed by atoms with Gasteiger partial charge >= 0.3 is 0 Å². The van der Waals surface area contributed by atoms with Gasteiger partial charge < -0.3 is 4.57 Å². The normalized spacial score (nSPS) is 10.7. The van der Waals surface area contributed by atoms with E-state index in [2.05, 4.69) is 4.98 Å². The molecule has 0 saturated heterocycles. The number of rotatable bonds is 0. The first-order valence-electron chi connectivity index (χ1n) is 3.36. The number of aromatic nitrogens is 2. The Kier molecular flexibility index (Phi) is 1.18. The minimum absolute atomic E-state index is 0.439. The standard InChI is InChI=1S/C8H7FN2/c1-11-7-5-3-2-4-6(7)10-8(11)9/h2-5H,1H3. The van der Waals surface area contributed by atoms with E-state index in [-0.39, 0.29) is 0 Å². The van der Waals surface area contributed by atoms with Crippen molar-refractivity contribution in [2.45, 2.75) is 0 Å². The fraction of sp³-hybridized carbons (Fsp3) is 0.125. The van der Waals surface area contributed by atoms with Crippen molar-refractivity contribution in [3.63, 3.8) is 0 Å². The first-order chi connectivity index (χ1) is 5.29. The average molecular weight is 150 g/mol. The topological polar surface area (TPSA) is 17.8 Å². The molecule has 2 rings (SSSR count). The van der Waals surface area contributed by atoms with Crippen molar-refractivity contribution in [2.24, 2.45) is 7.05 Å². The molecule has 0 aliphatic rings. The average Bonchev–Trinajstić information content (AvgIpc) is 2.30. The Morgan fingerprint density at radius 1 is 1.36 bits per heavy atom. The number of fused-ring (bicyclic) bond motifs is 1. The molecule has 2 aromatic rings. The van der Waals surface area contributed by atoms with Crippen molar-refractivity contribution in [2.75, 3.05) is 0 Å². The molecule has 0 bridgehead atoms. The van der Waals surface area contributed by atoms with Crippen LogP contribution in [-0.4, -0.2) is 9.55 Å². The summed E-state index contributed by atoms with van der Waals surface area (Å²) in [7, 11) is 1.66. The molecule has 0 aliphatic heterocycles. The molecule has 2 nitrogen and oxygen atoms in total. The van der Waals surface area contributed by atoms with Crippen LogP contribution in [0.5, 0.6) is 0 Å². The molecule has 0 unspecified atom stereocenters. The number of imidazole rings is 1. The zero-order valence-corrected chi connectivity index (χ0v) is 6.08. The summed E-state index contributed by atoms with van der Waals surface area (Å²) in [5, 5.41) is 0. The highest BCUT2D eigenvalue weighted by Crippen LogP contribution is 2.12. The number of aryl methyl sites for hydroxylation is 1. The van der Waals surface area contributed by atoms with E-state index >= 15 is 0 Å². The van der Waals surface area contributed by atoms with Gasteiger partial charge in [0.1, 0.15) is 0 Å². The van der Waals surface area contributed by atoms with Gasteiger partial charge in [0.15, 0.2) is 0 Å². The Bertz CT molecular complexity index is 392. The van der Waals surface area contributed by atoms with Crippen LogP contribution in [0.15, 0.2) is 24.3 Å². The van der Waals surface area contributed by atoms with Crippen molar-refractivity contribution < 1.29 is 4.39 Å². The molecule has 0 spiro atoms. The van der Waals surface area contributed by atoms with E-state index in [0.29, 0.717) is 5.52 Å². The third kappa shape index (κ3) is 0.808. The van der Waals surface area contributed by atoms with Gasteiger partial charge in [0, 0.05) is 7.05 Å². The lowest BCUT2D eigenvalue weighted by Crippen LogP contribution is -1.90. The van der Waals surface area contributed by atoms with Gasteiger partial charge in [0.2, 0.25) is 0 Å². The van der Waals surface area contributed by atoms with E-state index in [1.165, 1.54) is 4.57 Å². The number of hydrogen-bond acceptors (Lipinski definition) is 1. The minimum Gasteiger partial charge on any atom is -0.303 e. The highest BCUT2D eigenvalue weighted by molar-refractivity contribution is 5.74. The van der Waals surface area contributed by atoms with Crippen LogP contribution >= 0.6 is 0 Å². The van der Waals surface area contributed by atoms with Gasteiger partial charge in [-0.15, -0.1) is 0 Å². The van der Waals surface area contributed by atoms with Gasteiger partial charge in [-0.1, -0.05) is 12.1 Å². The second-order valence-electron chi connectivity index (χ2n) is 2.43. The van der Waals surface area contributed by atoms with E-state index in [0.717, 1.165) is 5.52 Å². The molecule has 0 atom stereocenters. The third-order valence-corrected chi connectivity index (χ3v) is 1.73. The smallest absolute Gasteiger partial charge is 0.289 e. The molecule has 1 aromatic heterocycles. The maximum Gasteiger partial charge on any atom is 0.289 e. The van der Waals surface area contributed by atoms with Crippen LogP contribution in [0, 0.1) is 6.08 Å². The van der Waals surface area contributed by atoms with Crippen LogP contribution in [0.4, 0.5) is 4.39 Å². The van der Waals surface area contributed by atoms with Crippen LogP contribution in [-0.2, 0) is 7.05 Å². The van der Waals surface area contributed by atoms with E-state index in [1.807, 2.05) is 18.2 Å². The molecule has 0 radical (unpaired) electrons. The van der Waals surface area contributed by atoms with Crippen molar-refractivity contribution >= 4 is 11.0 Å². The van der Waals surface area contributed by atoms with E-state index in [4.69, 9.17) is 0 Å². The van der Waals surface area contributed by atoms with E-state index < -0.39 is 6.08 Å². The summed E-state index contributed by atoms with van der Waals surface area (Å²) >= 11 is 0. The maximum atomic E-state index is 12.8. The van der Waals surface area contributed by atoms with Gasteiger partial charge in [0.25, 0.3) is 6.08 Å². The monoisotopic (exact) mass is 150 g/mol. The van der Waals surface area contributed by atoms with Crippen LogP contribution in [0.25, 0.3) is 11.0 Å². The van der Waals surface area contributed by atoms with Crippen LogP contribution < -0.4 is 0 Å². The van der Waals surface area contributed by atoms with Crippen molar-refractivity contribution in [3.05, 3.63) is 30.3 Å². The van der Waals surface area contributed by atoms with E-state index in [9.17, 15) is 4.39 Å². The molecule has 11 heavy (non-hydrogen) atoms. The summed E-state index contributed by atoms with van der Waals surface area (Å²) in [5.41, 5.74) is 1.53. The summed E-state index contributed by atoms with van der Waals surface area (Å²) in [5.74, 6) is 0. The Labute approximate surface area is 63.3 Å². The summed E-state index contributed by atoms with van der Waals surface area (Å²) in [4.78, 5) is 3.71. The molecule has 3 heteroatoms.